The molecule has 0 spiro atoms. The molecule has 120 valence electrons. The predicted octanol–water partition coefficient (Wildman–Crippen LogP) is 7.17. The third kappa shape index (κ3) is 5.77. The third-order valence-corrected chi connectivity index (χ3v) is 5.37. The van der Waals surface area contributed by atoms with E-state index in [4.69, 9.17) is 0 Å². The molecule has 1 unspecified atom stereocenters. The Labute approximate surface area is 140 Å². The van der Waals surface area contributed by atoms with E-state index in [9.17, 15) is 0 Å². The Kier molecular flexibility index (Phi) is 9.31. The minimum atomic E-state index is 0.537. The Hall–Kier alpha value is -0.300. The lowest BCUT2D eigenvalue weighted by Gasteiger charge is -2.20. The van der Waals surface area contributed by atoms with E-state index >= 15 is 0 Å². The first kappa shape index (κ1) is 18.7. The zero-order chi connectivity index (χ0) is 15.7. The number of unbranched alkanes of at least 4 members (excludes halogenated alkanes) is 4. The van der Waals surface area contributed by atoms with Crippen molar-refractivity contribution >= 4 is 15.9 Å². The van der Waals surface area contributed by atoms with Crippen molar-refractivity contribution in [1.82, 2.24) is 0 Å². The van der Waals surface area contributed by atoms with Crippen molar-refractivity contribution in [2.24, 2.45) is 0 Å². The molecule has 0 saturated heterocycles. The zero-order valence-corrected chi connectivity index (χ0v) is 16.1. The number of hydrogen-bond donors (Lipinski definition) is 0. The van der Waals surface area contributed by atoms with Gasteiger partial charge in [0.15, 0.2) is 0 Å². The highest BCUT2D eigenvalue weighted by Crippen LogP contribution is 2.35. The number of halogens is 1. The molecule has 0 saturated carbocycles. The van der Waals surface area contributed by atoms with Gasteiger partial charge in [-0.25, -0.2) is 0 Å². The average Bonchev–Trinajstić information content (AvgIpc) is 2.52. The molecular weight excluding hydrogens is 320 g/mol. The highest BCUT2D eigenvalue weighted by molar-refractivity contribution is 9.09. The molecular formula is C20H33Br. The molecule has 1 rings (SSSR count). The highest BCUT2D eigenvalue weighted by Gasteiger charge is 2.16. The van der Waals surface area contributed by atoms with Gasteiger partial charge in [0.05, 0.1) is 0 Å². The summed E-state index contributed by atoms with van der Waals surface area (Å²) in [6.07, 6.45) is 11.5. The molecule has 1 aromatic rings. The summed E-state index contributed by atoms with van der Waals surface area (Å²) in [5, 5.41) is 0. The van der Waals surface area contributed by atoms with Gasteiger partial charge >= 0.3 is 0 Å². The molecule has 0 heterocycles. The zero-order valence-electron chi connectivity index (χ0n) is 14.5. The summed E-state index contributed by atoms with van der Waals surface area (Å²) in [7, 11) is 0. The van der Waals surface area contributed by atoms with E-state index in [2.05, 4.69) is 55.8 Å². The maximum Gasteiger partial charge on any atom is 0.0400 e. The minimum Gasteiger partial charge on any atom is -0.0839 e. The highest BCUT2D eigenvalue weighted by atomic mass is 79.9. The fraction of sp³-hybridized carbons (Fsp3) is 0.700. The van der Waals surface area contributed by atoms with Crippen molar-refractivity contribution in [3.05, 3.63) is 34.4 Å². The van der Waals surface area contributed by atoms with Crippen molar-refractivity contribution in [1.29, 1.82) is 0 Å². The van der Waals surface area contributed by atoms with Crippen LogP contribution in [0.5, 0.6) is 0 Å². The van der Waals surface area contributed by atoms with E-state index in [1.807, 2.05) is 0 Å². The number of alkyl halides is 1. The van der Waals surface area contributed by atoms with Gasteiger partial charge in [0.2, 0.25) is 0 Å². The Morgan fingerprint density at radius 3 is 1.86 bits per heavy atom. The number of rotatable bonds is 10. The van der Waals surface area contributed by atoms with Gasteiger partial charge in [-0.3, -0.25) is 0 Å². The van der Waals surface area contributed by atoms with Crippen molar-refractivity contribution in [2.45, 2.75) is 90.3 Å². The van der Waals surface area contributed by atoms with Crippen molar-refractivity contribution in [2.75, 3.05) is 0 Å². The maximum absolute atomic E-state index is 3.98. The van der Waals surface area contributed by atoms with Crippen LogP contribution in [0.1, 0.15) is 93.3 Å². The second-order valence-corrected chi connectivity index (χ2v) is 7.16. The van der Waals surface area contributed by atoms with Crippen LogP contribution in [0.15, 0.2) is 12.1 Å². The molecule has 0 N–H and O–H groups in total. The molecule has 1 atom stereocenters. The van der Waals surface area contributed by atoms with Crippen LogP contribution in [0, 0.1) is 0 Å². The summed E-state index contributed by atoms with van der Waals surface area (Å²) < 4.78 is 0. The second-order valence-electron chi connectivity index (χ2n) is 6.06. The molecule has 21 heavy (non-hydrogen) atoms. The molecule has 0 aliphatic rings. The number of hydrogen-bond acceptors (Lipinski definition) is 0. The van der Waals surface area contributed by atoms with Crippen molar-refractivity contribution < 1.29 is 0 Å². The Morgan fingerprint density at radius 1 is 0.810 bits per heavy atom. The Morgan fingerprint density at radius 2 is 1.38 bits per heavy atom. The largest absolute Gasteiger partial charge is 0.0839 e. The average molecular weight is 353 g/mol. The molecule has 1 heteroatoms. The quantitative estimate of drug-likeness (QED) is 0.309. The Bertz CT molecular complexity index is 383. The smallest absolute Gasteiger partial charge is 0.0400 e. The van der Waals surface area contributed by atoms with Crippen molar-refractivity contribution in [3.8, 4) is 0 Å². The van der Waals surface area contributed by atoms with Gasteiger partial charge in [-0.15, -0.1) is 0 Å². The molecule has 0 fully saturated rings. The lowest BCUT2D eigenvalue weighted by Crippen LogP contribution is -2.04. The maximum atomic E-state index is 3.98. The molecule has 0 aliphatic carbocycles. The summed E-state index contributed by atoms with van der Waals surface area (Å²) >= 11 is 3.98. The summed E-state index contributed by atoms with van der Waals surface area (Å²) in [6, 6.07) is 4.86. The number of benzene rings is 1. The van der Waals surface area contributed by atoms with E-state index in [1.165, 1.54) is 44.1 Å². The fourth-order valence-corrected chi connectivity index (χ4v) is 4.03. The monoisotopic (exact) mass is 352 g/mol. The normalized spacial score (nSPS) is 12.6. The molecule has 0 aromatic heterocycles. The van der Waals surface area contributed by atoms with Crippen LogP contribution in [0.4, 0.5) is 0 Å². The molecule has 0 amide bonds. The van der Waals surface area contributed by atoms with Gasteiger partial charge < -0.3 is 0 Å². The molecule has 0 aliphatic heterocycles. The van der Waals surface area contributed by atoms with Crippen LogP contribution in [0.2, 0.25) is 0 Å². The second kappa shape index (κ2) is 10.4. The first-order valence-electron chi connectivity index (χ1n) is 8.96. The standard InChI is InChI=1S/C20H33Br/c1-5-9-10-11-12-13-19(21)20-17(7-3)14-16(6-2)15-18(20)8-4/h14-15,19H,5-13H2,1-4H3. The van der Waals surface area contributed by atoms with E-state index < -0.39 is 0 Å². The first-order chi connectivity index (χ1) is 10.2. The van der Waals surface area contributed by atoms with Gasteiger partial charge in [-0.05, 0) is 47.9 Å². The molecule has 1 aromatic carbocycles. The summed E-state index contributed by atoms with van der Waals surface area (Å²) in [6.45, 7) is 9.12. The summed E-state index contributed by atoms with van der Waals surface area (Å²) in [4.78, 5) is 0.537. The summed E-state index contributed by atoms with van der Waals surface area (Å²) in [5.41, 5.74) is 6.20. The van der Waals surface area contributed by atoms with Crippen LogP contribution in [-0.4, -0.2) is 0 Å². The van der Waals surface area contributed by atoms with Crippen LogP contribution < -0.4 is 0 Å². The predicted molar refractivity (Wildman–Crippen MR) is 99.6 cm³/mol. The van der Waals surface area contributed by atoms with Crippen LogP contribution in [0.3, 0.4) is 0 Å². The van der Waals surface area contributed by atoms with Gasteiger partial charge in [0.25, 0.3) is 0 Å². The minimum absolute atomic E-state index is 0.537. The van der Waals surface area contributed by atoms with Crippen LogP contribution in [0.25, 0.3) is 0 Å². The van der Waals surface area contributed by atoms with Crippen LogP contribution >= 0.6 is 15.9 Å². The van der Waals surface area contributed by atoms with E-state index in [1.54, 1.807) is 16.7 Å². The summed E-state index contributed by atoms with van der Waals surface area (Å²) in [5.74, 6) is 0. The topological polar surface area (TPSA) is 0 Å². The van der Waals surface area contributed by atoms with Crippen LogP contribution in [-0.2, 0) is 19.3 Å². The number of aryl methyl sites for hydroxylation is 3. The first-order valence-corrected chi connectivity index (χ1v) is 9.87. The lowest BCUT2D eigenvalue weighted by atomic mass is 9.90. The fourth-order valence-electron chi connectivity index (χ4n) is 3.11. The third-order valence-electron chi connectivity index (χ3n) is 4.46. The lowest BCUT2D eigenvalue weighted by molar-refractivity contribution is 0.604. The molecule has 0 nitrogen and oxygen atoms in total. The van der Waals surface area contributed by atoms with E-state index in [0.29, 0.717) is 4.83 Å². The van der Waals surface area contributed by atoms with E-state index in [-0.39, 0.29) is 0 Å². The Balaban J connectivity index is 2.79. The SMILES string of the molecule is CCCCCCCC(Br)c1c(CC)cc(CC)cc1CC. The van der Waals surface area contributed by atoms with E-state index in [0.717, 1.165) is 19.3 Å². The molecule has 0 bridgehead atoms. The molecule has 0 radical (unpaired) electrons. The van der Waals surface area contributed by atoms with Gasteiger partial charge in [-0.1, -0.05) is 87.9 Å². The van der Waals surface area contributed by atoms with Gasteiger partial charge in [-0.2, -0.15) is 0 Å². The van der Waals surface area contributed by atoms with Crippen molar-refractivity contribution in [3.63, 3.8) is 0 Å². The van der Waals surface area contributed by atoms with Gasteiger partial charge in [0.1, 0.15) is 0 Å². The van der Waals surface area contributed by atoms with Gasteiger partial charge in [0, 0.05) is 4.83 Å².